The van der Waals surface area contributed by atoms with Gasteiger partial charge in [0.2, 0.25) is 11.8 Å². The van der Waals surface area contributed by atoms with Gasteiger partial charge in [0.05, 0.1) is 6.54 Å². The molecule has 0 bridgehead atoms. The molecule has 30 heavy (non-hydrogen) atoms. The minimum atomic E-state index is -0.629. The number of carbonyl (C=O) groups is 3. The molecule has 3 amide bonds. The molecule has 150 valence electrons. The third-order valence-corrected chi connectivity index (χ3v) is 5.75. The summed E-state index contributed by atoms with van der Waals surface area (Å²) >= 11 is 0. The fraction of sp³-hybridized carbons (Fsp3) is 0.208. The van der Waals surface area contributed by atoms with Gasteiger partial charge in [-0.2, -0.15) is 0 Å². The van der Waals surface area contributed by atoms with E-state index in [1.807, 2.05) is 24.3 Å². The van der Waals surface area contributed by atoms with Crippen molar-refractivity contribution in [3.8, 4) is 5.75 Å². The summed E-state index contributed by atoms with van der Waals surface area (Å²) < 4.78 is 6.08. The van der Waals surface area contributed by atoms with Crippen LogP contribution in [0.5, 0.6) is 5.75 Å². The van der Waals surface area contributed by atoms with Gasteiger partial charge in [0, 0.05) is 17.5 Å². The Morgan fingerprint density at radius 3 is 2.63 bits per heavy atom. The predicted molar refractivity (Wildman–Crippen MR) is 111 cm³/mol. The summed E-state index contributed by atoms with van der Waals surface area (Å²) in [7, 11) is 0. The lowest BCUT2D eigenvalue weighted by Crippen LogP contribution is -2.52. The van der Waals surface area contributed by atoms with Gasteiger partial charge in [-0.05, 0) is 41.0 Å². The van der Waals surface area contributed by atoms with Gasteiger partial charge in [0.25, 0.3) is 5.91 Å². The molecule has 1 unspecified atom stereocenters. The summed E-state index contributed by atoms with van der Waals surface area (Å²) in [5, 5.41) is 4.65. The first-order chi connectivity index (χ1) is 14.6. The number of carbonyl (C=O) groups excluding carboxylic acids is 3. The highest BCUT2D eigenvalue weighted by Gasteiger charge is 2.40. The maximum absolute atomic E-state index is 12.9. The Kier molecular flexibility index (Phi) is 4.47. The van der Waals surface area contributed by atoms with E-state index in [0.29, 0.717) is 30.9 Å². The average Bonchev–Trinajstić information content (AvgIpc) is 3.09. The Hall–Kier alpha value is -3.67. The molecule has 2 aliphatic heterocycles. The average molecular weight is 400 g/mol. The summed E-state index contributed by atoms with van der Waals surface area (Å²) in [6.07, 6.45) is 0.583. The highest BCUT2D eigenvalue weighted by molar-refractivity contribution is 6.05. The van der Waals surface area contributed by atoms with Gasteiger partial charge in [-0.1, -0.05) is 42.5 Å². The quantitative estimate of drug-likeness (QED) is 0.683. The fourth-order valence-electron chi connectivity index (χ4n) is 4.18. The van der Waals surface area contributed by atoms with Gasteiger partial charge in [0.15, 0.2) is 0 Å². The first-order valence-corrected chi connectivity index (χ1v) is 9.97. The van der Waals surface area contributed by atoms with Gasteiger partial charge in [-0.15, -0.1) is 0 Å². The Balaban J connectivity index is 1.36. The molecule has 0 spiro atoms. The predicted octanol–water partition coefficient (Wildman–Crippen LogP) is 3.18. The molecule has 1 atom stereocenters. The largest absolute Gasteiger partial charge is 0.489 e. The molecular weight excluding hydrogens is 380 g/mol. The lowest BCUT2D eigenvalue weighted by Gasteiger charge is -2.29. The third-order valence-electron chi connectivity index (χ3n) is 5.75. The maximum atomic E-state index is 12.9. The Morgan fingerprint density at radius 1 is 0.967 bits per heavy atom. The number of piperidine rings is 1. The number of amides is 3. The topological polar surface area (TPSA) is 75.7 Å². The molecule has 5 rings (SSSR count). The van der Waals surface area contributed by atoms with Crippen molar-refractivity contribution in [1.29, 1.82) is 0 Å². The van der Waals surface area contributed by atoms with Crippen LogP contribution in [0.15, 0.2) is 60.7 Å². The number of imide groups is 1. The lowest BCUT2D eigenvalue weighted by molar-refractivity contribution is -0.136. The van der Waals surface area contributed by atoms with E-state index in [9.17, 15) is 14.4 Å². The van der Waals surface area contributed by atoms with E-state index in [4.69, 9.17) is 4.74 Å². The number of nitrogens with zero attached hydrogens (tertiary/aromatic N) is 1. The molecular formula is C24H20N2O4. The SMILES string of the molecule is O=C1CCC(N2Cc3c(OCc4ccc5ccccc5c4)cccc3C2=O)C(=O)N1. The molecule has 2 heterocycles. The molecule has 1 fully saturated rings. The fourth-order valence-corrected chi connectivity index (χ4v) is 4.18. The second kappa shape index (κ2) is 7.30. The molecule has 0 radical (unpaired) electrons. The van der Waals surface area contributed by atoms with Crippen LogP contribution in [0.2, 0.25) is 0 Å². The summed E-state index contributed by atoms with van der Waals surface area (Å²) in [5.74, 6) is -0.259. The van der Waals surface area contributed by atoms with Crippen LogP contribution >= 0.6 is 0 Å². The van der Waals surface area contributed by atoms with E-state index in [1.165, 1.54) is 10.3 Å². The van der Waals surface area contributed by atoms with Gasteiger partial charge < -0.3 is 9.64 Å². The number of hydrogen-bond donors (Lipinski definition) is 1. The number of hydrogen-bond acceptors (Lipinski definition) is 4. The van der Waals surface area contributed by atoms with Crippen LogP contribution in [-0.2, 0) is 22.7 Å². The first kappa shape index (κ1) is 18.4. The Labute approximate surface area is 173 Å². The number of benzene rings is 3. The van der Waals surface area contributed by atoms with E-state index in [1.54, 1.807) is 12.1 Å². The lowest BCUT2D eigenvalue weighted by atomic mass is 10.0. The maximum Gasteiger partial charge on any atom is 0.255 e. The van der Waals surface area contributed by atoms with Gasteiger partial charge in [-0.25, -0.2) is 0 Å². The van der Waals surface area contributed by atoms with E-state index in [2.05, 4.69) is 29.6 Å². The van der Waals surface area contributed by atoms with Crippen molar-refractivity contribution in [3.63, 3.8) is 0 Å². The molecule has 1 saturated heterocycles. The number of rotatable bonds is 4. The first-order valence-electron chi connectivity index (χ1n) is 9.97. The molecule has 6 heteroatoms. The molecule has 6 nitrogen and oxygen atoms in total. The third kappa shape index (κ3) is 3.20. The van der Waals surface area contributed by atoms with Gasteiger partial charge in [-0.3, -0.25) is 19.7 Å². The van der Waals surface area contributed by atoms with Crippen molar-refractivity contribution in [2.45, 2.75) is 32.0 Å². The zero-order valence-corrected chi connectivity index (χ0v) is 16.3. The minimum absolute atomic E-state index is 0.198. The number of nitrogens with one attached hydrogen (secondary N) is 1. The smallest absolute Gasteiger partial charge is 0.255 e. The molecule has 2 aliphatic rings. The van der Waals surface area contributed by atoms with Crippen molar-refractivity contribution in [1.82, 2.24) is 10.2 Å². The van der Waals surface area contributed by atoms with E-state index in [-0.39, 0.29) is 18.2 Å². The van der Waals surface area contributed by atoms with Crippen molar-refractivity contribution in [3.05, 3.63) is 77.4 Å². The van der Waals surface area contributed by atoms with Crippen LogP contribution in [0.3, 0.4) is 0 Å². The van der Waals surface area contributed by atoms with Crippen LogP contribution in [0.25, 0.3) is 10.8 Å². The minimum Gasteiger partial charge on any atom is -0.489 e. The summed E-state index contributed by atoms with van der Waals surface area (Å²) in [6, 6.07) is 19.1. The van der Waals surface area contributed by atoms with Crippen molar-refractivity contribution in [2.75, 3.05) is 0 Å². The Bertz CT molecular complexity index is 1190. The molecule has 3 aromatic carbocycles. The van der Waals surface area contributed by atoms with Crippen molar-refractivity contribution in [2.24, 2.45) is 0 Å². The van der Waals surface area contributed by atoms with Crippen LogP contribution in [-0.4, -0.2) is 28.7 Å². The molecule has 0 aromatic heterocycles. The van der Waals surface area contributed by atoms with E-state index in [0.717, 1.165) is 16.5 Å². The van der Waals surface area contributed by atoms with Gasteiger partial charge >= 0.3 is 0 Å². The zero-order chi connectivity index (χ0) is 20.7. The van der Waals surface area contributed by atoms with Gasteiger partial charge in [0.1, 0.15) is 18.4 Å². The zero-order valence-electron chi connectivity index (χ0n) is 16.3. The van der Waals surface area contributed by atoms with E-state index < -0.39 is 11.9 Å². The molecule has 0 aliphatic carbocycles. The number of ether oxygens (including phenoxy) is 1. The van der Waals surface area contributed by atoms with Crippen molar-refractivity contribution < 1.29 is 19.1 Å². The highest BCUT2D eigenvalue weighted by Crippen LogP contribution is 2.34. The standard InChI is InChI=1S/C24H20N2O4/c27-22-11-10-20(23(28)25-22)26-13-19-18(24(26)29)6-3-7-21(19)30-14-15-8-9-16-4-1-2-5-17(16)12-15/h1-9,12,20H,10-11,13-14H2,(H,25,27,28). The molecule has 3 aromatic rings. The number of fused-ring (bicyclic) bond motifs is 2. The van der Waals surface area contributed by atoms with E-state index >= 15 is 0 Å². The highest BCUT2D eigenvalue weighted by atomic mass is 16.5. The molecule has 0 saturated carbocycles. The van der Waals surface area contributed by atoms with Crippen LogP contribution in [0.1, 0.15) is 34.3 Å². The second-order valence-electron chi connectivity index (χ2n) is 7.65. The monoisotopic (exact) mass is 400 g/mol. The summed E-state index contributed by atoms with van der Waals surface area (Å²) in [5.41, 5.74) is 2.38. The summed E-state index contributed by atoms with van der Waals surface area (Å²) in [6.45, 7) is 0.683. The van der Waals surface area contributed by atoms with Crippen LogP contribution < -0.4 is 10.1 Å². The summed E-state index contributed by atoms with van der Waals surface area (Å²) in [4.78, 5) is 38.1. The molecule has 1 N–H and O–H groups in total. The second-order valence-corrected chi connectivity index (χ2v) is 7.65. The normalized spacial score (nSPS) is 18.5. The Morgan fingerprint density at radius 2 is 1.80 bits per heavy atom. The van der Waals surface area contributed by atoms with Crippen molar-refractivity contribution >= 4 is 28.5 Å². The van der Waals surface area contributed by atoms with Crippen LogP contribution in [0, 0.1) is 0 Å². The van der Waals surface area contributed by atoms with Crippen LogP contribution in [0.4, 0.5) is 0 Å².